The molecule has 1 aliphatic rings. The summed E-state index contributed by atoms with van der Waals surface area (Å²) in [5.74, 6) is -0.0364. The maximum atomic E-state index is 13.9. The van der Waals surface area contributed by atoms with Gasteiger partial charge in [-0.3, -0.25) is 4.79 Å². The molecule has 2 heterocycles. The number of halogens is 1. The summed E-state index contributed by atoms with van der Waals surface area (Å²) in [5.41, 5.74) is 12.8. The largest absolute Gasteiger partial charge is 0.487 e. The fourth-order valence-electron chi connectivity index (χ4n) is 3.49. The highest BCUT2D eigenvalue weighted by Crippen LogP contribution is 2.37. The monoisotopic (exact) mass is 401 g/mol. The van der Waals surface area contributed by atoms with Crippen molar-refractivity contribution in [2.45, 2.75) is 38.3 Å². The van der Waals surface area contributed by atoms with Crippen LogP contribution in [0.3, 0.4) is 0 Å². The van der Waals surface area contributed by atoms with Gasteiger partial charge >= 0.3 is 0 Å². The van der Waals surface area contributed by atoms with Gasteiger partial charge in [0.05, 0.1) is 16.0 Å². The van der Waals surface area contributed by atoms with Gasteiger partial charge in [-0.2, -0.15) is 0 Å². The van der Waals surface area contributed by atoms with Gasteiger partial charge in [0.2, 0.25) is 0 Å². The molecule has 9 heteroatoms. The van der Waals surface area contributed by atoms with Gasteiger partial charge in [0.15, 0.2) is 0 Å². The second kappa shape index (κ2) is 7.33. The molecule has 0 aliphatic heterocycles. The van der Waals surface area contributed by atoms with Gasteiger partial charge < -0.3 is 21.5 Å². The van der Waals surface area contributed by atoms with Crippen molar-refractivity contribution in [1.82, 2.24) is 9.97 Å². The van der Waals surface area contributed by atoms with Crippen LogP contribution in [0.2, 0.25) is 0 Å². The first-order chi connectivity index (χ1) is 13.4. The maximum absolute atomic E-state index is 13.9. The molecule has 0 saturated heterocycles. The Balaban J connectivity index is 1.72. The van der Waals surface area contributed by atoms with Crippen LogP contribution in [0.4, 0.5) is 15.9 Å². The average Bonchev–Trinajstić information content (AvgIpc) is 3.21. The molecule has 146 valence electrons. The number of nitrogens with two attached hydrogens (primary N) is 2. The van der Waals surface area contributed by atoms with Crippen molar-refractivity contribution in [2.24, 2.45) is 11.5 Å². The summed E-state index contributed by atoms with van der Waals surface area (Å²) in [6, 6.07) is 4.20. The number of carbonyl (C=O) groups is 1. The van der Waals surface area contributed by atoms with Gasteiger partial charge in [0.25, 0.3) is 5.91 Å². The van der Waals surface area contributed by atoms with E-state index < -0.39 is 11.7 Å². The molecule has 4 rings (SSSR count). The number of rotatable bonds is 5. The Hall–Kier alpha value is -2.78. The molecule has 1 amide bonds. The number of fused-ring (bicyclic) bond motifs is 1. The van der Waals surface area contributed by atoms with Gasteiger partial charge in [0.1, 0.15) is 34.6 Å². The van der Waals surface area contributed by atoms with Gasteiger partial charge in [0, 0.05) is 12.1 Å². The number of nitrogens with zero attached hydrogens (tertiary/aromatic N) is 2. The van der Waals surface area contributed by atoms with E-state index in [1.165, 1.54) is 29.8 Å². The van der Waals surface area contributed by atoms with Crippen molar-refractivity contribution in [3.05, 3.63) is 40.8 Å². The molecule has 3 aromatic rings. The number of carbonyl (C=O) groups excluding carboxylic acids is 1. The number of hydrogen-bond acceptors (Lipinski definition) is 7. The van der Waals surface area contributed by atoms with Crippen molar-refractivity contribution in [1.29, 1.82) is 0 Å². The summed E-state index contributed by atoms with van der Waals surface area (Å²) in [6.07, 6.45) is 3.96. The van der Waals surface area contributed by atoms with E-state index in [0.29, 0.717) is 37.9 Å². The number of anilines is 2. The molecule has 0 unspecified atom stereocenters. The third-order valence-electron chi connectivity index (χ3n) is 4.93. The molecule has 2 atom stereocenters. The molecule has 0 spiro atoms. The summed E-state index contributed by atoms with van der Waals surface area (Å²) in [7, 11) is 0. The summed E-state index contributed by atoms with van der Waals surface area (Å²) >= 11 is 1.22. The Morgan fingerprint density at radius 2 is 2.18 bits per heavy atom. The minimum atomic E-state index is -0.507. The molecule has 1 fully saturated rings. The van der Waals surface area contributed by atoms with E-state index in [0.717, 1.165) is 19.3 Å². The number of thiophene rings is 1. The van der Waals surface area contributed by atoms with E-state index in [1.54, 1.807) is 13.0 Å². The highest BCUT2D eigenvalue weighted by atomic mass is 32.1. The number of primary amides is 1. The maximum Gasteiger partial charge on any atom is 0.259 e. The highest BCUT2D eigenvalue weighted by molar-refractivity contribution is 7.20. The van der Waals surface area contributed by atoms with Crippen LogP contribution in [-0.4, -0.2) is 28.0 Å². The zero-order valence-electron chi connectivity index (χ0n) is 15.2. The van der Waals surface area contributed by atoms with Gasteiger partial charge in [-0.1, -0.05) is 0 Å². The first kappa shape index (κ1) is 18.6. The predicted octanol–water partition coefficient (Wildman–Crippen LogP) is 3.24. The Morgan fingerprint density at radius 3 is 2.89 bits per heavy atom. The van der Waals surface area contributed by atoms with Crippen LogP contribution >= 0.6 is 11.3 Å². The molecule has 2 aromatic heterocycles. The third-order valence-corrected chi connectivity index (χ3v) is 6.14. The minimum Gasteiger partial charge on any atom is -0.487 e. The lowest BCUT2D eigenvalue weighted by atomic mass is 10.2. The van der Waals surface area contributed by atoms with E-state index >= 15 is 0 Å². The topological polar surface area (TPSA) is 116 Å². The van der Waals surface area contributed by atoms with Crippen molar-refractivity contribution in [3.63, 3.8) is 0 Å². The molecule has 0 radical (unpaired) electrons. The lowest BCUT2D eigenvalue weighted by Crippen LogP contribution is -2.33. The second-order valence-electron chi connectivity index (χ2n) is 6.84. The van der Waals surface area contributed by atoms with Crippen molar-refractivity contribution in [3.8, 4) is 5.75 Å². The molecule has 1 aromatic carbocycles. The number of benzene rings is 1. The van der Waals surface area contributed by atoms with E-state index in [9.17, 15) is 9.18 Å². The molecule has 0 bridgehead atoms. The van der Waals surface area contributed by atoms with E-state index in [1.807, 2.05) is 0 Å². The van der Waals surface area contributed by atoms with Crippen LogP contribution in [0.5, 0.6) is 5.75 Å². The van der Waals surface area contributed by atoms with Crippen molar-refractivity contribution < 1.29 is 13.9 Å². The Kier molecular flexibility index (Phi) is 4.86. The van der Waals surface area contributed by atoms with Crippen molar-refractivity contribution in [2.75, 3.05) is 5.32 Å². The fourth-order valence-corrected chi connectivity index (χ4v) is 4.49. The summed E-state index contributed by atoms with van der Waals surface area (Å²) in [5, 5.41) is 3.90. The molecular weight excluding hydrogens is 381 g/mol. The van der Waals surface area contributed by atoms with Crippen LogP contribution in [0.25, 0.3) is 10.2 Å². The smallest absolute Gasteiger partial charge is 0.259 e. The van der Waals surface area contributed by atoms with Gasteiger partial charge in [-0.05, 0) is 43.9 Å². The minimum absolute atomic E-state index is 0.0703. The van der Waals surface area contributed by atoms with E-state index in [4.69, 9.17) is 16.2 Å². The van der Waals surface area contributed by atoms with Crippen molar-refractivity contribution >= 4 is 39.0 Å². The van der Waals surface area contributed by atoms with E-state index in [-0.39, 0.29) is 12.1 Å². The number of hydrogen-bond donors (Lipinski definition) is 3. The van der Waals surface area contributed by atoms with E-state index in [2.05, 4.69) is 15.3 Å². The van der Waals surface area contributed by atoms with Gasteiger partial charge in [-0.25, -0.2) is 14.4 Å². The Bertz CT molecular complexity index is 1050. The first-order valence-electron chi connectivity index (χ1n) is 8.96. The lowest BCUT2D eigenvalue weighted by Gasteiger charge is -2.20. The van der Waals surface area contributed by atoms with Crippen LogP contribution in [0.1, 0.15) is 34.5 Å². The SMILES string of the molecule is Cc1c(C(N)=O)sc2ncnc(Nc3ccc(F)cc3O[C@H]3CCC[C@@H]3N)c12. The number of aryl methyl sites for hydroxylation is 1. The summed E-state index contributed by atoms with van der Waals surface area (Å²) in [4.78, 5) is 21.3. The average molecular weight is 401 g/mol. The highest BCUT2D eigenvalue weighted by Gasteiger charge is 2.27. The predicted molar refractivity (Wildman–Crippen MR) is 107 cm³/mol. The van der Waals surface area contributed by atoms with Crippen LogP contribution in [-0.2, 0) is 0 Å². The van der Waals surface area contributed by atoms with Crippen LogP contribution < -0.4 is 21.5 Å². The number of nitrogens with one attached hydrogen (secondary N) is 1. The van der Waals surface area contributed by atoms with Crippen LogP contribution in [0.15, 0.2) is 24.5 Å². The number of amides is 1. The Labute approximate surface area is 164 Å². The quantitative estimate of drug-likeness (QED) is 0.604. The standard InChI is InChI=1S/C19H20FN5O2S/c1-9-15-18(23-8-24-19(15)28-16(9)17(22)26)25-12-6-5-10(20)7-14(12)27-13-4-2-3-11(13)21/h5-8,11,13H,2-4,21H2,1H3,(H2,22,26)(H,23,24,25)/t11-,13-/m0/s1. The molecule has 28 heavy (non-hydrogen) atoms. The second-order valence-corrected chi connectivity index (χ2v) is 7.84. The summed E-state index contributed by atoms with van der Waals surface area (Å²) in [6.45, 7) is 1.80. The zero-order valence-corrected chi connectivity index (χ0v) is 16.1. The third kappa shape index (κ3) is 3.38. The van der Waals surface area contributed by atoms with Crippen LogP contribution in [0, 0.1) is 12.7 Å². The first-order valence-corrected chi connectivity index (χ1v) is 9.78. The molecule has 7 nitrogen and oxygen atoms in total. The molecular formula is C19H20FN5O2S. The molecule has 1 saturated carbocycles. The normalized spacial score (nSPS) is 19.1. The number of aromatic nitrogens is 2. The molecule has 1 aliphatic carbocycles. The van der Waals surface area contributed by atoms with Gasteiger partial charge in [-0.15, -0.1) is 11.3 Å². The molecule has 5 N–H and O–H groups in total. The lowest BCUT2D eigenvalue weighted by molar-refractivity contribution is 0.100. The fraction of sp³-hybridized carbons (Fsp3) is 0.316. The Morgan fingerprint density at radius 1 is 1.36 bits per heavy atom. The summed E-state index contributed by atoms with van der Waals surface area (Å²) < 4.78 is 19.9. The zero-order chi connectivity index (χ0) is 19.8. The number of ether oxygens (including phenoxy) is 1.